The number of carbonyl (C=O) groups is 2. The van der Waals surface area contributed by atoms with E-state index in [9.17, 15) is 9.59 Å². The van der Waals surface area contributed by atoms with E-state index in [-0.39, 0.29) is 24.3 Å². The summed E-state index contributed by atoms with van der Waals surface area (Å²) in [6, 6.07) is 6.98. The lowest BCUT2D eigenvalue weighted by molar-refractivity contribution is -0.143. The van der Waals surface area contributed by atoms with E-state index in [0.717, 1.165) is 5.56 Å². The summed E-state index contributed by atoms with van der Waals surface area (Å²) in [4.78, 5) is 30.2. The van der Waals surface area contributed by atoms with Gasteiger partial charge in [0.25, 0.3) is 0 Å². The van der Waals surface area contributed by atoms with E-state index >= 15 is 0 Å². The summed E-state index contributed by atoms with van der Waals surface area (Å²) < 4.78 is 5.72. The minimum absolute atomic E-state index is 0.0563. The van der Waals surface area contributed by atoms with Crippen molar-refractivity contribution >= 4 is 23.4 Å². The number of nitrogens with zero attached hydrogens (tertiary/aromatic N) is 2. The highest BCUT2D eigenvalue weighted by Gasteiger charge is 2.31. The summed E-state index contributed by atoms with van der Waals surface area (Å²) in [6.07, 6.45) is 2.86. The van der Waals surface area contributed by atoms with Gasteiger partial charge in [-0.1, -0.05) is 30.7 Å². The van der Waals surface area contributed by atoms with Crippen molar-refractivity contribution in [1.82, 2.24) is 15.2 Å². The Hall–Kier alpha value is -2.34. The second-order valence-electron chi connectivity index (χ2n) is 5.90. The lowest BCUT2D eigenvalue weighted by atomic mass is 10.1. The van der Waals surface area contributed by atoms with Gasteiger partial charge in [0, 0.05) is 31.5 Å². The molecule has 1 aromatic carbocycles. The van der Waals surface area contributed by atoms with Gasteiger partial charge in [0.2, 0.25) is 11.8 Å². The van der Waals surface area contributed by atoms with Crippen molar-refractivity contribution in [2.24, 2.45) is 0 Å². The van der Waals surface area contributed by atoms with Gasteiger partial charge in [0.05, 0.1) is 11.2 Å². The van der Waals surface area contributed by atoms with Crippen molar-refractivity contribution in [3.63, 3.8) is 0 Å². The van der Waals surface area contributed by atoms with E-state index in [1.54, 1.807) is 17.2 Å². The summed E-state index contributed by atoms with van der Waals surface area (Å²) >= 11 is 6.16. The van der Waals surface area contributed by atoms with Crippen molar-refractivity contribution in [2.75, 3.05) is 13.1 Å². The monoisotopic (exact) mass is 361 g/mol. The van der Waals surface area contributed by atoms with Crippen LogP contribution >= 0.6 is 11.6 Å². The molecule has 6 nitrogen and oxygen atoms in total. The molecule has 0 radical (unpaired) electrons. The highest BCUT2D eigenvalue weighted by Crippen LogP contribution is 2.28. The fraction of sp³-hybridized carbons (Fsp3) is 0.389. The molecule has 132 valence electrons. The van der Waals surface area contributed by atoms with Crippen LogP contribution in [0.2, 0.25) is 5.02 Å². The molecule has 25 heavy (non-hydrogen) atoms. The van der Waals surface area contributed by atoms with Crippen LogP contribution in [0.15, 0.2) is 34.9 Å². The predicted octanol–water partition coefficient (Wildman–Crippen LogP) is 2.66. The van der Waals surface area contributed by atoms with Crippen LogP contribution in [0.25, 0.3) is 11.3 Å². The van der Waals surface area contributed by atoms with Crippen molar-refractivity contribution in [3.05, 3.63) is 41.4 Å². The zero-order chi connectivity index (χ0) is 17.8. The van der Waals surface area contributed by atoms with Crippen molar-refractivity contribution in [3.8, 4) is 11.3 Å². The maximum atomic E-state index is 12.5. The molecule has 1 atom stereocenters. The normalized spacial score (nSPS) is 17.4. The molecular formula is C18H20ClN3O3. The molecule has 1 saturated heterocycles. The van der Waals surface area contributed by atoms with Crippen LogP contribution in [0.3, 0.4) is 0 Å². The minimum Gasteiger partial charge on any atom is -0.441 e. The second-order valence-corrected chi connectivity index (χ2v) is 6.31. The lowest BCUT2D eigenvalue weighted by Gasteiger charge is -2.34. The number of benzene rings is 1. The molecule has 7 heteroatoms. The molecule has 1 fully saturated rings. The number of aromatic nitrogens is 1. The predicted molar refractivity (Wildman–Crippen MR) is 94.1 cm³/mol. The highest BCUT2D eigenvalue weighted by molar-refractivity contribution is 6.33. The van der Waals surface area contributed by atoms with Crippen LogP contribution in [0, 0.1) is 0 Å². The number of aryl methyl sites for hydroxylation is 1. The molecule has 3 rings (SSSR count). The molecule has 1 aliphatic heterocycles. The maximum Gasteiger partial charge on any atom is 0.242 e. The molecular weight excluding hydrogens is 342 g/mol. The Labute approximate surface area is 151 Å². The fourth-order valence-corrected chi connectivity index (χ4v) is 3.22. The third kappa shape index (κ3) is 3.85. The van der Waals surface area contributed by atoms with Gasteiger partial charge in [-0.25, -0.2) is 4.98 Å². The molecule has 1 aliphatic rings. The van der Waals surface area contributed by atoms with Crippen LogP contribution in [0.5, 0.6) is 0 Å². The average Bonchev–Trinajstić information content (AvgIpc) is 3.08. The molecule has 2 aromatic rings. The largest absolute Gasteiger partial charge is 0.441 e. The van der Waals surface area contributed by atoms with Gasteiger partial charge < -0.3 is 14.6 Å². The SMILES string of the molecule is CC[C@H]1C(=O)NCCN1C(=O)CCc1ncc(-c2ccccc2Cl)o1. The Kier molecular flexibility index (Phi) is 5.38. The van der Waals surface area contributed by atoms with Crippen molar-refractivity contribution in [1.29, 1.82) is 0 Å². The van der Waals surface area contributed by atoms with E-state index in [4.69, 9.17) is 16.0 Å². The van der Waals surface area contributed by atoms with Crippen LogP contribution in [-0.2, 0) is 16.0 Å². The van der Waals surface area contributed by atoms with E-state index < -0.39 is 0 Å². The van der Waals surface area contributed by atoms with E-state index in [1.807, 2.05) is 25.1 Å². The van der Waals surface area contributed by atoms with Gasteiger partial charge in [-0.2, -0.15) is 0 Å². The molecule has 0 bridgehead atoms. The number of nitrogens with one attached hydrogen (secondary N) is 1. The summed E-state index contributed by atoms with van der Waals surface area (Å²) in [5.74, 6) is 0.924. The average molecular weight is 362 g/mol. The van der Waals surface area contributed by atoms with E-state index in [2.05, 4.69) is 10.3 Å². The minimum atomic E-state index is -0.385. The molecule has 0 unspecified atom stereocenters. The number of carbonyl (C=O) groups excluding carboxylic acids is 2. The number of hydrogen-bond acceptors (Lipinski definition) is 4. The van der Waals surface area contributed by atoms with Gasteiger partial charge in [-0.05, 0) is 18.6 Å². The zero-order valence-electron chi connectivity index (χ0n) is 14.0. The van der Waals surface area contributed by atoms with Crippen LogP contribution in [0.4, 0.5) is 0 Å². The Morgan fingerprint density at radius 3 is 3.00 bits per heavy atom. The Morgan fingerprint density at radius 2 is 2.24 bits per heavy atom. The topological polar surface area (TPSA) is 75.4 Å². The summed E-state index contributed by atoms with van der Waals surface area (Å²) in [7, 11) is 0. The van der Waals surface area contributed by atoms with E-state index in [1.165, 1.54) is 0 Å². The molecule has 0 saturated carbocycles. The molecule has 1 aromatic heterocycles. The van der Waals surface area contributed by atoms with Gasteiger partial charge in [0.1, 0.15) is 6.04 Å². The zero-order valence-corrected chi connectivity index (χ0v) is 14.8. The number of oxazole rings is 1. The molecule has 0 spiro atoms. The highest BCUT2D eigenvalue weighted by atomic mass is 35.5. The second kappa shape index (κ2) is 7.70. The number of halogens is 1. The first kappa shape index (κ1) is 17.5. The summed E-state index contributed by atoms with van der Waals surface area (Å²) in [5, 5.41) is 3.38. The molecule has 2 amide bonds. The van der Waals surface area contributed by atoms with Crippen LogP contribution < -0.4 is 5.32 Å². The first-order valence-electron chi connectivity index (χ1n) is 8.37. The first-order valence-corrected chi connectivity index (χ1v) is 8.74. The smallest absolute Gasteiger partial charge is 0.242 e. The summed E-state index contributed by atoms with van der Waals surface area (Å²) in [6.45, 7) is 2.94. The van der Waals surface area contributed by atoms with Crippen molar-refractivity contribution in [2.45, 2.75) is 32.2 Å². The van der Waals surface area contributed by atoms with Gasteiger partial charge in [0.15, 0.2) is 11.7 Å². The Morgan fingerprint density at radius 1 is 1.44 bits per heavy atom. The Balaban J connectivity index is 1.63. The maximum absolute atomic E-state index is 12.5. The first-order chi connectivity index (χ1) is 12.1. The lowest BCUT2D eigenvalue weighted by Crippen LogP contribution is -2.56. The van der Waals surface area contributed by atoms with Gasteiger partial charge >= 0.3 is 0 Å². The number of rotatable bonds is 5. The number of amides is 2. The van der Waals surface area contributed by atoms with Gasteiger partial charge in [-0.15, -0.1) is 0 Å². The molecule has 0 aliphatic carbocycles. The fourth-order valence-electron chi connectivity index (χ4n) is 2.99. The summed E-state index contributed by atoms with van der Waals surface area (Å²) in [5.41, 5.74) is 0.771. The Bertz CT molecular complexity index is 774. The van der Waals surface area contributed by atoms with Gasteiger partial charge in [-0.3, -0.25) is 9.59 Å². The third-order valence-electron chi connectivity index (χ3n) is 4.28. The van der Waals surface area contributed by atoms with Crippen LogP contribution in [0.1, 0.15) is 25.7 Å². The number of piperazine rings is 1. The van der Waals surface area contributed by atoms with E-state index in [0.29, 0.717) is 42.6 Å². The quantitative estimate of drug-likeness (QED) is 0.888. The third-order valence-corrected chi connectivity index (χ3v) is 4.61. The van der Waals surface area contributed by atoms with Crippen LogP contribution in [-0.4, -0.2) is 40.8 Å². The number of hydrogen-bond donors (Lipinski definition) is 1. The molecule has 1 N–H and O–H groups in total. The molecule has 2 heterocycles. The van der Waals surface area contributed by atoms with Crippen molar-refractivity contribution < 1.29 is 14.0 Å². The standard InChI is InChI=1S/C18H20ClN3O3/c1-2-14-18(24)20-9-10-22(14)17(23)8-7-16-21-11-15(25-16)12-5-3-4-6-13(12)19/h3-6,11,14H,2,7-10H2,1H3,(H,20,24)/t14-/m0/s1.